The van der Waals surface area contributed by atoms with Crippen molar-refractivity contribution in [2.75, 3.05) is 13.7 Å². The molecule has 1 aromatic carbocycles. The fourth-order valence-corrected chi connectivity index (χ4v) is 4.61. The van der Waals surface area contributed by atoms with Gasteiger partial charge in [-0.1, -0.05) is 0 Å². The summed E-state index contributed by atoms with van der Waals surface area (Å²) in [6.07, 6.45) is 3.87. The predicted molar refractivity (Wildman–Crippen MR) is 79.3 cm³/mol. The van der Waals surface area contributed by atoms with Crippen LogP contribution in [0.2, 0.25) is 0 Å². The second-order valence-electron chi connectivity index (χ2n) is 5.56. The molecule has 22 heavy (non-hydrogen) atoms. The van der Waals surface area contributed by atoms with E-state index in [1.165, 1.54) is 0 Å². The van der Waals surface area contributed by atoms with Crippen LogP contribution in [0, 0.1) is 0 Å². The lowest BCUT2D eigenvalue weighted by molar-refractivity contribution is -0.139. The van der Waals surface area contributed by atoms with Gasteiger partial charge in [-0.15, -0.1) is 0 Å². The van der Waals surface area contributed by atoms with Gasteiger partial charge in [0.1, 0.15) is 11.8 Å². The molecule has 0 radical (unpaired) electrons. The number of hydrogen-bond donors (Lipinski definition) is 1. The summed E-state index contributed by atoms with van der Waals surface area (Å²) in [4.78, 5) is 11.8. The smallest absolute Gasteiger partial charge is 0.324 e. The van der Waals surface area contributed by atoms with Crippen LogP contribution in [0.15, 0.2) is 17.0 Å². The number of benzene rings is 1. The van der Waals surface area contributed by atoms with E-state index in [0.29, 0.717) is 12.8 Å². The summed E-state index contributed by atoms with van der Waals surface area (Å²) in [6, 6.07) is 2.46. The number of carbonyl (C=O) groups is 1. The molecule has 1 N–H and O–H groups in total. The molecule has 2 aliphatic rings. The molecule has 0 spiro atoms. The second-order valence-corrected chi connectivity index (χ2v) is 7.24. The van der Waals surface area contributed by atoms with E-state index in [9.17, 15) is 13.2 Å². The van der Waals surface area contributed by atoms with E-state index in [2.05, 4.69) is 4.72 Å². The molecule has 0 aromatic heterocycles. The molecule has 1 unspecified atom stereocenters. The molecule has 1 saturated heterocycles. The van der Waals surface area contributed by atoms with Crippen LogP contribution in [0.1, 0.15) is 30.4 Å². The van der Waals surface area contributed by atoms with E-state index >= 15 is 0 Å². The fourth-order valence-electron chi connectivity index (χ4n) is 3.10. The van der Waals surface area contributed by atoms with Crippen molar-refractivity contribution < 1.29 is 22.7 Å². The number of hydrogen-bond acceptors (Lipinski definition) is 5. The minimum atomic E-state index is -3.75. The number of methoxy groups -OCH3 is 1. The quantitative estimate of drug-likeness (QED) is 0.840. The van der Waals surface area contributed by atoms with Gasteiger partial charge in [-0.3, -0.25) is 4.79 Å². The number of carbonyl (C=O) groups excluding carboxylic acids is 1. The average molecular weight is 325 g/mol. The Balaban J connectivity index is 1.98. The van der Waals surface area contributed by atoms with Crippen molar-refractivity contribution in [3.63, 3.8) is 0 Å². The van der Waals surface area contributed by atoms with E-state index in [-0.39, 0.29) is 11.5 Å². The molecule has 1 atom stereocenters. The van der Waals surface area contributed by atoms with Gasteiger partial charge in [-0.25, -0.2) is 8.42 Å². The van der Waals surface area contributed by atoms with Gasteiger partial charge in [0.2, 0.25) is 10.0 Å². The lowest BCUT2D eigenvalue weighted by atomic mass is 9.91. The van der Waals surface area contributed by atoms with Gasteiger partial charge in [-0.2, -0.15) is 4.72 Å². The molecule has 7 heteroatoms. The van der Waals surface area contributed by atoms with Gasteiger partial charge < -0.3 is 9.47 Å². The minimum Gasteiger partial charge on any atom is -0.496 e. The van der Waals surface area contributed by atoms with Gasteiger partial charge in [0.25, 0.3) is 0 Å². The van der Waals surface area contributed by atoms with Crippen molar-refractivity contribution in [1.82, 2.24) is 4.72 Å². The maximum Gasteiger partial charge on any atom is 0.324 e. The highest BCUT2D eigenvalue weighted by molar-refractivity contribution is 7.89. The summed E-state index contributed by atoms with van der Waals surface area (Å²) < 4.78 is 37.9. The second kappa shape index (κ2) is 5.89. The number of nitrogens with one attached hydrogen (secondary N) is 1. The first kappa shape index (κ1) is 15.3. The van der Waals surface area contributed by atoms with Crippen LogP contribution in [0.5, 0.6) is 5.75 Å². The number of rotatable bonds is 4. The lowest BCUT2D eigenvalue weighted by Crippen LogP contribution is -2.38. The van der Waals surface area contributed by atoms with Crippen molar-refractivity contribution >= 4 is 16.0 Å². The highest BCUT2D eigenvalue weighted by Crippen LogP contribution is 2.34. The summed E-state index contributed by atoms with van der Waals surface area (Å²) in [5.74, 6) is 0.222. The fraction of sp³-hybridized carbons (Fsp3) is 0.533. The molecule has 1 aromatic rings. The molecule has 1 aliphatic carbocycles. The molecule has 120 valence electrons. The van der Waals surface area contributed by atoms with Crippen LogP contribution >= 0.6 is 0 Å². The number of fused-ring (bicyclic) bond motifs is 1. The van der Waals surface area contributed by atoms with E-state index in [0.717, 1.165) is 36.1 Å². The molecule has 1 aliphatic heterocycles. The summed E-state index contributed by atoms with van der Waals surface area (Å²) in [5, 5.41) is 0. The molecule has 1 heterocycles. The maximum atomic E-state index is 12.6. The monoisotopic (exact) mass is 325 g/mol. The number of cyclic esters (lactones) is 1. The average Bonchev–Trinajstić information content (AvgIpc) is 2.90. The molecule has 0 bridgehead atoms. The van der Waals surface area contributed by atoms with Crippen molar-refractivity contribution in [1.29, 1.82) is 0 Å². The highest BCUT2D eigenvalue weighted by Gasteiger charge is 2.33. The van der Waals surface area contributed by atoms with Gasteiger partial charge in [0, 0.05) is 6.42 Å². The molecule has 0 amide bonds. The number of sulfonamides is 1. The highest BCUT2D eigenvalue weighted by atomic mass is 32.2. The Kier molecular flexibility index (Phi) is 4.10. The van der Waals surface area contributed by atoms with E-state index < -0.39 is 22.0 Å². The largest absolute Gasteiger partial charge is 0.496 e. The Morgan fingerprint density at radius 1 is 1.23 bits per heavy atom. The Morgan fingerprint density at radius 2 is 1.95 bits per heavy atom. The van der Waals surface area contributed by atoms with Gasteiger partial charge in [0.15, 0.2) is 0 Å². The number of esters is 1. The number of ether oxygens (including phenoxy) is 2. The van der Waals surface area contributed by atoms with E-state index in [4.69, 9.17) is 9.47 Å². The molecule has 0 saturated carbocycles. The first-order valence-electron chi connectivity index (χ1n) is 7.40. The van der Waals surface area contributed by atoms with Gasteiger partial charge in [-0.05, 0) is 48.9 Å². The molecular weight excluding hydrogens is 306 g/mol. The van der Waals surface area contributed by atoms with Gasteiger partial charge >= 0.3 is 5.97 Å². The molecular formula is C15H19NO5S. The van der Waals surface area contributed by atoms with Crippen LogP contribution in [-0.4, -0.2) is 34.1 Å². The maximum absolute atomic E-state index is 12.6. The third-order valence-electron chi connectivity index (χ3n) is 4.19. The van der Waals surface area contributed by atoms with Gasteiger partial charge in [0.05, 0.1) is 18.6 Å². The molecule has 3 rings (SSSR count). The zero-order valence-electron chi connectivity index (χ0n) is 12.4. The van der Waals surface area contributed by atoms with Crippen LogP contribution in [0.25, 0.3) is 0 Å². The SMILES string of the molecule is COc1ccc(S(=O)(=O)NC2CCOC2=O)c2c1CCCC2. The lowest BCUT2D eigenvalue weighted by Gasteiger charge is -2.22. The third kappa shape index (κ3) is 2.70. The zero-order valence-corrected chi connectivity index (χ0v) is 13.2. The van der Waals surface area contributed by atoms with Crippen LogP contribution in [0.3, 0.4) is 0 Å². The van der Waals surface area contributed by atoms with Crippen molar-refractivity contribution in [2.45, 2.75) is 43.0 Å². The standard InChI is InChI=1S/C15H19NO5S/c1-20-13-6-7-14(11-5-3-2-4-10(11)13)22(18,19)16-12-8-9-21-15(12)17/h6-7,12,16H,2-5,8-9H2,1H3. The summed E-state index contributed by atoms with van der Waals surface area (Å²) in [6.45, 7) is 0.257. The summed E-state index contributed by atoms with van der Waals surface area (Å²) >= 11 is 0. The third-order valence-corrected chi connectivity index (χ3v) is 5.75. The Labute approximate surface area is 129 Å². The van der Waals surface area contributed by atoms with E-state index in [1.807, 2.05) is 0 Å². The van der Waals surface area contributed by atoms with E-state index in [1.54, 1.807) is 19.2 Å². The topological polar surface area (TPSA) is 81.7 Å². The minimum absolute atomic E-state index is 0.253. The van der Waals surface area contributed by atoms with Crippen LogP contribution < -0.4 is 9.46 Å². The predicted octanol–water partition coefficient (Wildman–Crippen LogP) is 1.17. The zero-order chi connectivity index (χ0) is 15.7. The Morgan fingerprint density at radius 3 is 2.59 bits per heavy atom. The van der Waals surface area contributed by atoms with Crippen LogP contribution in [0.4, 0.5) is 0 Å². The normalized spacial score (nSPS) is 21.3. The summed E-state index contributed by atoms with van der Waals surface area (Å²) in [7, 11) is -2.16. The summed E-state index contributed by atoms with van der Waals surface area (Å²) in [5.41, 5.74) is 1.77. The van der Waals surface area contributed by atoms with Crippen LogP contribution in [-0.2, 0) is 32.4 Å². The molecule has 1 fully saturated rings. The van der Waals surface area contributed by atoms with Crippen molar-refractivity contribution in [3.8, 4) is 5.75 Å². The van der Waals surface area contributed by atoms with Crippen molar-refractivity contribution in [2.24, 2.45) is 0 Å². The first-order chi connectivity index (χ1) is 10.5. The Bertz CT molecular complexity index is 698. The first-order valence-corrected chi connectivity index (χ1v) is 8.89. The molecule has 6 nitrogen and oxygen atoms in total. The van der Waals surface area contributed by atoms with Crippen molar-refractivity contribution in [3.05, 3.63) is 23.3 Å². The Hall–Kier alpha value is -1.60.